The lowest BCUT2D eigenvalue weighted by molar-refractivity contribution is -0.148. The van der Waals surface area contributed by atoms with Crippen LogP contribution in [0.2, 0.25) is 0 Å². The Hall–Kier alpha value is -2.41. The van der Waals surface area contributed by atoms with Crippen molar-refractivity contribution in [1.82, 2.24) is 4.90 Å². The van der Waals surface area contributed by atoms with Crippen molar-refractivity contribution in [2.75, 3.05) is 6.54 Å². The lowest BCUT2D eigenvalue weighted by Crippen LogP contribution is -2.40. The van der Waals surface area contributed by atoms with E-state index in [1.54, 1.807) is 0 Å². The quantitative estimate of drug-likeness (QED) is 0.746. The third kappa shape index (κ3) is 5.06. The van der Waals surface area contributed by atoms with Crippen molar-refractivity contribution in [3.8, 4) is 0 Å². The minimum absolute atomic E-state index is 0.0293. The van der Waals surface area contributed by atoms with Crippen LogP contribution in [0.5, 0.6) is 0 Å². The van der Waals surface area contributed by atoms with E-state index in [-0.39, 0.29) is 44.2 Å². The van der Waals surface area contributed by atoms with Gasteiger partial charge < -0.3 is 19.8 Å². The van der Waals surface area contributed by atoms with Crippen molar-refractivity contribution in [3.05, 3.63) is 35.9 Å². The summed E-state index contributed by atoms with van der Waals surface area (Å²) in [6.07, 6.45) is 0.0290. The van der Waals surface area contributed by atoms with Gasteiger partial charge in [-0.1, -0.05) is 30.3 Å². The first-order valence-corrected chi connectivity index (χ1v) is 7.87. The van der Waals surface area contributed by atoms with Gasteiger partial charge in [0.15, 0.2) is 0 Å². The van der Waals surface area contributed by atoms with Gasteiger partial charge in [-0.15, -0.1) is 0 Å². The number of carbonyl (C=O) groups is 3. The number of hydrogen-bond donors (Lipinski definition) is 2. The highest BCUT2D eigenvalue weighted by Gasteiger charge is 2.39. The minimum Gasteiger partial charge on any atom is -0.481 e. The summed E-state index contributed by atoms with van der Waals surface area (Å²) in [5.41, 5.74) is 0.982. The number of nitrogens with zero attached hydrogens (tertiary/aromatic N) is 1. The molecule has 1 aliphatic heterocycles. The molecule has 2 rings (SSSR count). The molecule has 2 atom stereocenters. The number of likely N-dealkylation sites (tertiary alicyclic amines) is 1. The molecule has 0 aromatic heterocycles. The predicted octanol–water partition coefficient (Wildman–Crippen LogP) is 1.51. The number of amides is 1. The first-order chi connectivity index (χ1) is 11.5. The molecule has 0 bridgehead atoms. The summed E-state index contributed by atoms with van der Waals surface area (Å²) in [5, 5.41) is 17.9. The van der Waals surface area contributed by atoms with Crippen LogP contribution in [0.15, 0.2) is 30.3 Å². The molecular weight excluding hydrogens is 314 g/mol. The topological polar surface area (TPSA) is 104 Å². The zero-order valence-corrected chi connectivity index (χ0v) is 13.3. The largest absolute Gasteiger partial charge is 0.481 e. The molecule has 1 aliphatic rings. The maximum atomic E-state index is 12.2. The summed E-state index contributed by atoms with van der Waals surface area (Å²) in [6, 6.07) is 8.61. The number of ether oxygens (including phenoxy) is 1. The molecule has 1 heterocycles. The van der Waals surface area contributed by atoms with E-state index >= 15 is 0 Å². The van der Waals surface area contributed by atoms with Gasteiger partial charge in [0.25, 0.3) is 0 Å². The van der Waals surface area contributed by atoms with Crippen LogP contribution >= 0.6 is 0 Å². The van der Waals surface area contributed by atoms with Crippen LogP contribution in [-0.2, 0) is 25.7 Å². The van der Waals surface area contributed by atoms with Crippen LogP contribution in [0.25, 0.3) is 0 Å². The van der Waals surface area contributed by atoms with Crippen LogP contribution in [-0.4, -0.2) is 51.6 Å². The van der Waals surface area contributed by atoms with Crippen LogP contribution in [0.1, 0.15) is 31.2 Å². The van der Waals surface area contributed by atoms with Crippen molar-refractivity contribution >= 4 is 17.8 Å². The molecule has 130 valence electrons. The van der Waals surface area contributed by atoms with Crippen LogP contribution in [0.4, 0.5) is 0 Å². The van der Waals surface area contributed by atoms with Gasteiger partial charge in [-0.3, -0.25) is 9.59 Å². The van der Waals surface area contributed by atoms with Crippen molar-refractivity contribution < 1.29 is 29.3 Å². The first-order valence-electron chi connectivity index (χ1n) is 7.87. The smallest absolute Gasteiger partial charge is 0.326 e. The third-order valence-electron chi connectivity index (χ3n) is 3.98. The predicted molar refractivity (Wildman–Crippen MR) is 84.3 cm³/mol. The second-order valence-electron chi connectivity index (χ2n) is 5.80. The van der Waals surface area contributed by atoms with Gasteiger partial charge in [-0.05, 0) is 12.0 Å². The van der Waals surface area contributed by atoms with E-state index in [1.165, 1.54) is 4.90 Å². The standard InChI is InChI=1S/C17H21NO6/c19-15(7-4-8-16(20)21)18-10-13(9-14(18)17(22)23)24-11-12-5-2-1-3-6-12/h1-3,5-6,13-14H,4,7-11H2,(H,20,21)(H,22,23)/t13?,14-/m0/s1. The fourth-order valence-electron chi connectivity index (χ4n) is 2.75. The highest BCUT2D eigenvalue weighted by molar-refractivity contribution is 5.84. The van der Waals surface area contributed by atoms with E-state index < -0.39 is 18.0 Å². The summed E-state index contributed by atoms with van der Waals surface area (Å²) < 4.78 is 5.74. The first kappa shape index (κ1) is 17.9. The molecule has 0 aliphatic carbocycles. The molecule has 2 N–H and O–H groups in total. The van der Waals surface area contributed by atoms with Gasteiger partial charge in [0.1, 0.15) is 6.04 Å². The molecule has 7 nitrogen and oxygen atoms in total. The molecular formula is C17H21NO6. The Labute approximate surface area is 139 Å². The maximum absolute atomic E-state index is 12.2. The Kier molecular flexibility index (Phi) is 6.31. The Balaban J connectivity index is 1.89. The normalized spacial score (nSPS) is 20.1. The highest BCUT2D eigenvalue weighted by atomic mass is 16.5. The molecule has 24 heavy (non-hydrogen) atoms. The number of hydrogen-bond acceptors (Lipinski definition) is 4. The molecule has 1 aromatic carbocycles. The summed E-state index contributed by atoms with van der Waals surface area (Å²) in [4.78, 5) is 35.3. The molecule has 1 unspecified atom stereocenters. The fraction of sp³-hybridized carbons (Fsp3) is 0.471. The van der Waals surface area contributed by atoms with Crippen molar-refractivity contribution in [2.45, 2.75) is 44.4 Å². The minimum atomic E-state index is -1.06. The maximum Gasteiger partial charge on any atom is 0.326 e. The zero-order chi connectivity index (χ0) is 17.5. The third-order valence-corrected chi connectivity index (χ3v) is 3.98. The van der Waals surface area contributed by atoms with Gasteiger partial charge >= 0.3 is 11.9 Å². The summed E-state index contributed by atoms with van der Waals surface area (Å²) in [5.74, 6) is -2.37. The lowest BCUT2D eigenvalue weighted by atomic mass is 10.2. The average molecular weight is 335 g/mol. The number of rotatable bonds is 8. The zero-order valence-electron chi connectivity index (χ0n) is 13.3. The van der Waals surface area contributed by atoms with Gasteiger partial charge in [0.05, 0.1) is 12.7 Å². The van der Waals surface area contributed by atoms with E-state index in [9.17, 15) is 19.5 Å². The van der Waals surface area contributed by atoms with Crippen LogP contribution < -0.4 is 0 Å². The Morgan fingerprint density at radius 1 is 1.12 bits per heavy atom. The number of aliphatic carboxylic acids is 2. The summed E-state index contributed by atoms with van der Waals surface area (Å²) >= 11 is 0. The number of carboxylic acids is 2. The van der Waals surface area contributed by atoms with E-state index in [1.807, 2.05) is 30.3 Å². The summed E-state index contributed by atoms with van der Waals surface area (Å²) in [6.45, 7) is 0.578. The Morgan fingerprint density at radius 2 is 1.83 bits per heavy atom. The van der Waals surface area contributed by atoms with Crippen molar-refractivity contribution in [2.24, 2.45) is 0 Å². The van der Waals surface area contributed by atoms with Gasteiger partial charge in [-0.25, -0.2) is 4.79 Å². The van der Waals surface area contributed by atoms with E-state index in [0.29, 0.717) is 6.61 Å². The molecule has 0 radical (unpaired) electrons. The van der Waals surface area contributed by atoms with E-state index in [0.717, 1.165) is 5.56 Å². The molecule has 0 saturated carbocycles. The lowest BCUT2D eigenvalue weighted by Gasteiger charge is -2.21. The van der Waals surface area contributed by atoms with Gasteiger partial charge in [0.2, 0.25) is 5.91 Å². The van der Waals surface area contributed by atoms with Gasteiger partial charge in [-0.2, -0.15) is 0 Å². The Bertz CT molecular complexity index is 588. The second kappa shape index (κ2) is 8.44. The van der Waals surface area contributed by atoms with Gasteiger partial charge in [0, 0.05) is 25.8 Å². The van der Waals surface area contributed by atoms with Crippen molar-refractivity contribution in [3.63, 3.8) is 0 Å². The van der Waals surface area contributed by atoms with Crippen LogP contribution in [0, 0.1) is 0 Å². The number of carboxylic acid groups (broad SMARTS) is 2. The SMILES string of the molecule is O=C(O)CCCC(=O)N1CC(OCc2ccccc2)C[C@H]1C(=O)O. The number of benzene rings is 1. The Morgan fingerprint density at radius 3 is 2.46 bits per heavy atom. The molecule has 0 spiro atoms. The molecule has 7 heteroatoms. The second-order valence-corrected chi connectivity index (χ2v) is 5.80. The monoisotopic (exact) mass is 335 g/mol. The molecule has 1 amide bonds. The average Bonchev–Trinajstić information content (AvgIpc) is 2.98. The van der Waals surface area contributed by atoms with E-state index in [2.05, 4.69) is 0 Å². The van der Waals surface area contributed by atoms with E-state index in [4.69, 9.17) is 9.84 Å². The molecule has 1 aromatic rings. The van der Waals surface area contributed by atoms with Crippen LogP contribution in [0.3, 0.4) is 0 Å². The highest BCUT2D eigenvalue weighted by Crippen LogP contribution is 2.23. The summed E-state index contributed by atoms with van der Waals surface area (Å²) in [7, 11) is 0. The fourth-order valence-corrected chi connectivity index (χ4v) is 2.75. The molecule has 1 fully saturated rings. The van der Waals surface area contributed by atoms with Crippen molar-refractivity contribution in [1.29, 1.82) is 0 Å². The molecule has 1 saturated heterocycles. The number of carbonyl (C=O) groups excluding carboxylic acids is 1.